The van der Waals surface area contributed by atoms with Crippen molar-refractivity contribution in [2.45, 2.75) is 59.4 Å². The lowest BCUT2D eigenvalue weighted by atomic mass is 9.79. The molecule has 3 rings (SSSR count). The number of anilines is 1. The molecule has 6 heteroatoms. The first-order chi connectivity index (χ1) is 14.1. The average molecular weight is 409 g/mol. The largest absolute Gasteiger partial charge is 0.494 e. The molecule has 1 heterocycles. The number of ether oxygens (including phenoxy) is 1. The predicted molar refractivity (Wildman–Crippen MR) is 121 cm³/mol. The summed E-state index contributed by atoms with van der Waals surface area (Å²) in [5.74, 6) is 0.303. The molecular formula is C24H32BNO4. The molecule has 1 amide bonds. The van der Waals surface area contributed by atoms with Crippen molar-refractivity contribution in [1.29, 1.82) is 0 Å². The van der Waals surface area contributed by atoms with Crippen LogP contribution in [0.4, 0.5) is 10.5 Å². The molecule has 2 aromatic carbocycles. The van der Waals surface area contributed by atoms with Crippen LogP contribution in [0.25, 0.3) is 0 Å². The third kappa shape index (κ3) is 5.05. The molecule has 160 valence electrons. The minimum Gasteiger partial charge on any atom is -0.444 e. The van der Waals surface area contributed by atoms with Gasteiger partial charge in [0.15, 0.2) is 0 Å². The molecule has 0 spiro atoms. The highest BCUT2D eigenvalue weighted by Gasteiger charge is 2.51. The summed E-state index contributed by atoms with van der Waals surface area (Å²) >= 11 is 0. The fourth-order valence-electron chi connectivity index (χ4n) is 3.24. The summed E-state index contributed by atoms with van der Waals surface area (Å²) in [6.07, 6.45) is -0.351. The lowest BCUT2D eigenvalue weighted by Gasteiger charge is -2.32. The van der Waals surface area contributed by atoms with Crippen LogP contribution in [0.15, 0.2) is 54.6 Å². The van der Waals surface area contributed by atoms with E-state index in [-0.39, 0.29) is 23.9 Å². The van der Waals surface area contributed by atoms with Crippen LogP contribution in [-0.2, 0) is 20.7 Å². The van der Waals surface area contributed by atoms with Crippen molar-refractivity contribution >= 4 is 24.4 Å². The molecule has 0 unspecified atom stereocenters. The fourth-order valence-corrected chi connectivity index (χ4v) is 3.24. The number of nitrogens with zero attached hydrogens (tertiary/aromatic N) is 1. The van der Waals surface area contributed by atoms with Crippen LogP contribution in [-0.4, -0.2) is 31.0 Å². The molecule has 0 aliphatic carbocycles. The van der Waals surface area contributed by atoms with Gasteiger partial charge in [0.1, 0.15) is 6.61 Å². The van der Waals surface area contributed by atoms with Crippen LogP contribution in [0.5, 0.6) is 0 Å². The van der Waals surface area contributed by atoms with E-state index >= 15 is 0 Å². The number of rotatable bonds is 6. The molecule has 0 radical (unpaired) electrons. The Kier molecular flexibility index (Phi) is 6.58. The molecule has 0 bridgehead atoms. The summed E-state index contributed by atoms with van der Waals surface area (Å²) in [6, 6.07) is 17.5. The second-order valence-corrected chi connectivity index (χ2v) is 9.22. The van der Waals surface area contributed by atoms with Crippen molar-refractivity contribution in [3.63, 3.8) is 0 Å². The monoisotopic (exact) mass is 409 g/mol. The summed E-state index contributed by atoms with van der Waals surface area (Å²) in [7, 11) is -0.423. The highest BCUT2D eigenvalue weighted by Crippen LogP contribution is 2.36. The molecule has 1 saturated heterocycles. The van der Waals surface area contributed by atoms with Crippen LogP contribution in [0.2, 0.25) is 0 Å². The number of carbonyl (C=O) groups excluding carboxylic acids is 1. The quantitative estimate of drug-likeness (QED) is 0.644. The van der Waals surface area contributed by atoms with Gasteiger partial charge in [0.05, 0.1) is 11.2 Å². The highest BCUT2D eigenvalue weighted by molar-refractivity contribution is 6.62. The third-order valence-electron chi connectivity index (χ3n) is 5.70. The Morgan fingerprint density at radius 2 is 1.53 bits per heavy atom. The first-order valence-electron chi connectivity index (χ1n) is 10.5. The summed E-state index contributed by atoms with van der Waals surface area (Å²) in [6.45, 7) is 13.1. The Morgan fingerprint density at radius 3 is 2.07 bits per heavy atom. The van der Waals surface area contributed by atoms with E-state index in [0.717, 1.165) is 16.7 Å². The van der Waals surface area contributed by atoms with E-state index in [4.69, 9.17) is 14.0 Å². The van der Waals surface area contributed by atoms with Gasteiger partial charge in [-0.05, 0) is 56.8 Å². The SMILES string of the molecule is CC(C)CN(C(=O)OCc1ccccc1)c1ccc(B2OC(C)(C)C(C)(C)O2)cc1. The van der Waals surface area contributed by atoms with Crippen molar-refractivity contribution in [2.24, 2.45) is 5.92 Å². The second kappa shape index (κ2) is 8.82. The van der Waals surface area contributed by atoms with Crippen molar-refractivity contribution in [2.75, 3.05) is 11.4 Å². The number of hydrogen-bond donors (Lipinski definition) is 0. The zero-order valence-electron chi connectivity index (χ0n) is 18.8. The Balaban J connectivity index is 1.72. The van der Waals surface area contributed by atoms with E-state index in [9.17, 15) is 4.79 Å². The molecule has 0 aromatic heterocycles. The molecule has 1 aliphatic heterocycles. The molecule has 0 atom stereocenters. The van der Waals surface area contributed by atoms with Crippen molar-refractivity contribution < 1.29 is 18.8 Å². The maximum absolute atomic E-state index is 12.8. The van der Waals surface area contributed by atoms with E-state index in [2.05, 4.69) is 13.8 Å². The van der Waals surface area contributed by atoms with Gasteiger partial charge in [-0.25, -0.2) is 4.79 Å². The van der Waals surface area contributed by atoms with Crippen LogP contribution in [0.3, 0.4) is 0 Å². The van der Waals surface area contributed by atoms with Gasteiger partial charge >= 0.3 is 13.2 Å². The second-order valence-electron chi connectivity index (χ2n) is 9.22. The van der Waals surface area contributed by atoms with Crippen molar-refractivity contribution in [3.8, 4) is 0 Å². The molecule has 0 N–H and O–H groups in total. The van der Waals surface area contributed by atoms with Crippen LogP contribution < -0.4 is 10.4 Å². The summed E-state index contributed by atoms with van der Waals surface area (Å²) in [5.41, 5.74) is 1.91. The normalized spacial score (nSPS) is 17.2. The van der Waals surface area contributed by atoms with Crippen LogP contribution >= 0.6 is 0 Å². The zero-order chi connectivity index (χ0) is 21.9. The summed E-state index contributed by atoms with van der Waals surface area (Å²) in [4.78, 5) is 14.5. The van der Waals surface area contributed by atoms with Crippen molar-refractivity contribution in [3.05, 3.63) is 60.2 Å². The minimum absolute atomic E-state index is 0.250. The van der Waals surface area contributed by atoms with E-state index < -0.39 is 7.12 Å². The fraction of sp³-hybridized carbons (Fsp3) is 0.458. The predicted octanol–water partition coefficient (Wildman–Crippen LogP) is 4.79. The van der Waals surface area contributed by atoms with Crippen molar-refractivity contribution in [1.82, 2.24) is 0 Å². The number of amides is 1. The van der Waals surface area contributed by atoms with Gasteiger partial charge in [-0.2, -0.15) is 0 Å². The molecule has 1 fully saturated rings. The Labute approximate surface area is 180 Å². The van der Waals surface area contributed by atoms with Gasteiger partial charge in [0.2, 0.25) is 0 Å². The Bertz CT molecular complexity index is 833. The smallest absolute Gasteiger partial charge is 0.444 e. The topological polar surface area (TPSA) is 48.0 Å². The maximum Gasteiger partial charge on any atom is 0.494 e. The molecular weight excluding hydrogens is 377 g/mol. The van der Waals surface area contributed by atoms with E-state index in [0.29, 0.717) is 12.5 Å². The summed E-state index contributed by atoms with van der Waals surface area (Å²) in [5, 5.41) is 0. The molecule has 30 heavy (non-hydrogen) atoms. The van der Waals surface area contributed by atoms with Gasteiger partial charge in [0, 0.05) is 12.2 Å². The molecule has 5 nitrogen and oxygen atoms in total. The van der Waals surface area contributed by atoms with Gasteiger partial charge in [-0.3, -0.25) is 4.90 Å². The van der Waals surface area contributed by atoms with Crippen LogP contribution in [0, 0.1) is 5.92 Å². The van der Waals surface area contributed by atoms with E-state index in [1.807, 2.05) is 82.3 Å². The standard InChI is InChI=1S/C24H32BNO4/c1-18(2)16-26(22(27)28-17-19-10-8-7-9-11-19)21-14-12-20(13-15-21)25-29-23(3,4)24(5,6)30-25/h7-15,18H,16-17H2,1-6H3. The first-order valence-corrected chi connectivity index (χ1v) is 10.5. The number of hydrogen-bond acceptors (Lipinski definition) is 4. The summed E-state index contributed by atoms with van der Waals surface area (Å²) < 4.78 is 17.8. The average Bonchev–Trinajstić information content (AvgIpc) is 2.92. The van der Waals surface area contributed by atoms with Gasteiger partial charge in [-0.1, -0.05) is 56.3 Å². The Morgan fingerprint density at radius 1 is 0.967 bits per heavy atom. The first kappa shape index (κ1) is 22.4. The zero-order valence-corrected chi connectivity index (χ0v) is 18.8. The number of carbonyl (C=O) groups is 1. The maximum atomic E-state index is 12.8. The third-order valence-corrected chi connectivity index (χ3v) is 5.70. The van der Waals surface area contributed by atoms with Gasteiger partial charge in [-0.15, -0.1) is 0 Å². The molecule has 1 aliphatic rings. The van der Waals surface area contributed by atoms with Crippen LogP contribution in [0.1, 0.15) is 47.1 Å². The van der Waals surface area contributed by atoms with Gasteiger partial charge < -0.3 is 14.0 Å². The molecule has 2 aromatic rings. The van der Waals surface area contributed by atoms with E-state index in [1.165, 1.54) is 0 Å². The molecule has 0 saturated carbocycles. The number of benzene rings is 2. The highest BCUT2D eigenvalue weighted by atomic mass is 16.7. The lowest BCUT2D eigenvalue weighted by Crippen LogP contribution is -2.41. The minimum atomic E-state index is -0.423. The Hall–Kier alpha value is -2.31. The van der Waals surface area contributed by atoms with Gasteiger partial charge in [0.25, 0.3) is 0 Å². The lowest BCUT2D eigenvalue weighted by molar-refractivity contribution is 0.00578. The van der Waals surface area contributed by atoms with E-state index in [1.54, 1.807) is 4.90 Å².